The number of aliphatic hydroxyl groups excluding tert-OH is 1. The van der Waals surface area contributed by atoms with Gasteiger partial charge in [-0.05, 0) is 37.8 Å². The van der Waals surface area contributed by atoms with E-state index in [2.05, 4.69) is 5.32 Å². The van der Waals surface area contributed by atoms with Gasteiger partial charge >= 0.3 is 0 Å². The van der Waals surface area contributed by atoms with Crippen LogP contribution in [0.3, 0.4) is 0 Å². The summed E-state index contributed by atoms with van der Waals surface area (Å²) >= 11 is 0. The molecule has 1 aromatic heterocycles. The van der Waals surface area contributed by atoms with Crippen molar-refractivity contribution in [1.29, 1.82) is 0 Å². The molecule has 118 valence electrons. The minimum atomic E-state index is -0.547. The third-order valence-electron chi connectivity index (χ3n) is 3.91. The van der Waals surface area contributed by atoms with E-state index in [1.165, 1.54) is 0 Å². The lowest BCUT2D eigenvalue weighted by Gasteiger charge is -2.28. The van der Waals surface area contributed by atoms with Crippen molar-refractivity contribution in [3.05, 3.63) is 24.2 Å². The number of aliphatic hydroxyl groups is 1. The van der Waals surface area contributed by atoms with Crippen molar-refractivity contribution in [2.24, 2.45) is 11.7 Å². The van der Waals surface area contributed by atoms with Crippen LogP contribution in [0.25, 0.3) is 0 Å². The molecule has 0 bridgehead atoms. The number of rotatable bonds is 8. The first kappa shape index (κ1) is 16.0. The van der Waals surface area contributed by atoms with Gasteiger partial charge in [-0.25, -0.2) is 0 Å². The van der Waals surface area contributed by atoms with Crippen molar-refractivity contribution in [3.63, 3.8) is 0 Å². The highest BCUT2D eigenvalue weighted by molar-refractivity contribution is 5.76. The highest BCUT2D eigenvalue weighted by Crippen LogP contribution is 2.23. The van der Waals surface area contributed by atoms with Gasteiger partial charge in [0.1, 0.15) is 12.4 Å². The number of hydrogen-bond acceptors (Lipinski definition) is 5. The van der Waals surface area contributed by atoms with E-state index in [0.717, 1.165) is 31.4 Å². The van der Waals surface area contributed by atoms with Crippen LogP contribution in [-0.2, 0) is 16.1 Å². The van der Waals surface area contributed by atoms with E-state index in [9.17, 15) is 9.90 Å². The second-order valence-electron chi connectivity index (χ2n) is 5.61. The SMILES string of the molecule is NC(=O)C1CCC(NCC(O)COCc2ccco2)CC1. The maximum Gasteiger partial charge on any atom is 0.220 e. The summed E-state index contributed by atoms with van der Waals surface area (Å²) in [5.41, 5.74) is 5.31. The number of nitrogens with two attached hydrogens (primary N) is 1. The van der Waals surface area contributed by atoms with Gasteiger partial charge in [0.2, 0.25) is 5.91 Å². The molecule has 2 rings (SSSR count). The summed E-state index contributed by atoms with van der Waals surface area (Å²) in [5.74, 6) is 0.573. The lowest BCUT2D eigenvalue weighted by Crippen LogP contribution is -2.41. The molecule has 0 aromatic carbocycles. The van der Waals surface area contributed by atoms with Crippen LogP contribution in [0.4, 0.5) is 0 Å². The van der Waals surface area contributed by atoms with Crippen molar-refractivity contribution >= 4 is 5.91 Å². The normalized spacial score (nSPS) is 23.9. The van der Waals surface area contributed by atoms with Crippen LogP contribution in [0.2, 0.25) is 0 Å². The van der Waals surface area contributed by atoms with Crippen LogP contribution < -0.4 is 11.1 Å². The van der Waals surface area contributed by atoms with Gasteiger partial charge in [-0.1, -0.05) is 0 Å². The van der Waals surface area contributed by atoms with Crippen molar-refractivity contribution in [2.75, 3.05) is 13.2 Å². The monoisotopic (exact) mass is 296 g/mol. The van der Waals surface area contributed by atoms with E-state index in [1.54, 1.807) is 12.3 Å². The number of nitrogens with one attached hydrogen (secondary N) is 1. The van der Waals surface area contributed by atoms with E-state index in [4.69, 9.17) is 14.9 Å². The van der Waals surface area contributed by atoms with E-state index in [1.807, 2.05) is 6.07 Å². The first-order valence-corrected chi connectivity index (χ1v) is 7.46. The molecule has 1 atom stereocenters. The predicted molar refractivity (Wildman–Crippen MR) is 77.3 cm³/mol. The molecule has 1 fully saturated rings. The molecule has 6 heteroatoms. The first-order chi connectivity index (χ1) is 10.1. The fourth-order valence-corrected chi connectivity index (χ4v) is 2.63. The average molecular weight is 296 g/mol. The zero-order valence-corrected chi connectivity index (χ0v) is 12.2. The molecule has 1 unspecified atom stereocenters. The first-order valence-electron chi connectivity index (χ1n) is 7.46. The number of primary amides is 1. The predicted octanol–water partition coefficient (Wildman–Crippen LogP) is 0.791. The van der Waals surface area contributed by atoms with Gasteiger partial charge in [0.05, 0.1) is 19.0 Å². The number of furan rings is 1. The molecule has 0 aliphatic heterocycles. The van der Waals surface area contributed by atoms with Gasteiger partial charge in [-0.3, -0.25) is 4.79 Å². The Morgan fingerprint density at radius 1 is 1.48 bits per heavy atom. The second-order valence-corrected chi connectivity index (χ2v) is 5.61. The molecule has 0 saturated heterocycles. The summed E-state index contributed by atoms with van der Waals surface area (Å²) in [6.45, 7) is 1.13. The summed E-state index contributed by atoms with van der Waals surface area (Å²) in [4.78, 5) is 11.1. The van der Waals surface area contributed by atoms with Crippen molar-refractivity contribution < 1.29 is 19.1 Å². The van der Waals surface area contributed by atoms with Crippen molar-refractivity contribution in [3.8, 4) is 0 Å². The third-order valence-corrected chi connectivity index (χ3v) is 3.91. The molecule has 1 saturated carbocycles. The molecule has 1 aliphatic carbocycles. The molecule has 21 heavy (non-hydrogen) atoms. The summed E-state index contributed by atoms with van der Waals surface area (Å²) in [6, 6.07) is 3.99. The highest BCUT2D eigenvalue weighted by atomic mass is 16.5. The van der Waals surface area contributed by atoms with Crippen molar-refractivity contribution in [2.45, 2.75) is 44.4 Å². The Balaban J connectivity index is 1.55. The Hall–Kier alpha value is -1.37. The Bertz CT molecular complexity index is 413. The molecule has 1 heterocycles. The smallest absolute Gasteiger partial charge is 0.220 e. The molecule has 1 aliphatic rings. The molecular weight excluding hydrogens is 272 g/mol. The minimum absolute atomic E-state index is 0.0182. The number of hydrogen-bond donors (Lipinski definition) is 3. The molecule has 6 nitrogen and oxygen atoms in total. The second kappa shape index (κ2) is 8.17. The number of carbonyl (C=O) groups is 1. The summed E-state index contributed by atoms with van der Waals surface area (Å²) in [6.07, 6.45) is 4.56. The Morgan fingerprint density at radius 3 is 2.86 bits per heavy atom. The standard InChI is InChI=1S/C15H24N2O4/c16-15(19)11-3-5-12(6-4-11)17-8-13(18)9-20-10-14-2-1-7-21-14/h1-2,7,11-13,17-18H,3-6,8-10H2,(H2,16,19). The maximum atomic E-state index is 11.1. The van der Waals surface area contributed by atoms with Gasteiger partial charge in [-0.2, -0.15) is 0 Å². The largest absolute Gasteiger partial charge is 0.467 e. The van der Waals surface area contributed by atoms with Crippen LogP contribution in [-0.4, -0.2) is 36.3 Å². The fourth-order valence-electron chi connectivity index (χ4n) is 2.63. The van der Waals surface area contributed by atoms with Crippen LogP contribution in [0, 0.1) is 5.92 Å². The van der Waals surface area contributed by atoms with E-state index in [-0.39, 0.29) is 18.4 Å². The van der Waals surface area contributed by atoms with Gasteiger partial charge < -0.3 is 25.3 Å². The van der Waals surface area contributed by atoms with Crippen LogP contribution >= 0.6 is 0 Å². The van der Waals surface area contributed by atoms with Gasteiger partial charge in [0, 0.05) is 18.5 Å². The zero-order valence-electron chi connectivity index (χ0n) is 12.2. The van der Waals surface area contributed by atoms with Gasteiger partial charge in [0.25, 0.3) is 0 Å². The molecule has 4 N–H and O–H groups in total. The molecule has 0 radical (unpaired) electrons. The Kier molecular flexibility index (Phi) is 6.22. The van der Waals surface area contributed by atoms with Crippen LogP contribution in [0.15, 0.2) is 22.8 Å². The van der Waals surface area contributed by atoms with E-state index < -0.39 is 6.10 Å². The highest BCUT2D eigenvalue weighted by Gasteiger charge is 2.24. The minimum Gasteiger partial charge on any atom is -0.467 e. The van der Waals surface area contributed by atoms with E-state index in [0.29, 0.717) is 19.2 Å². The summed E-state index contributed by atoms with van der Waals surface area (Å²) in [5, 5.41) is 13.2. The fraction of sp³-hybridized carbons (Fsp3) is 0.667. The lowest BCUT2D eigenvalue weighted by molar-refractivity contribution is -0.122. The van der Waals surface area contributed by atoms with E-state index >= 15 is 0 Å². The number of ether oxygens (including phenoxy) is 1. The summed E-state index contributed by atoms with van der Waals surface area (Å²) in [7, 11) is 0. The molecular formula is C15H24N2O4. The average Bonchev–Trinajstić information content (AvgIpc) is 2.99. The van der Waals surface area contributed by atoms with Crippen molar-refractivity contribution in [1.82, 2.24) is 5.32 Å². The number of amides is 1. The molecule has 0 spiro atoms. The summed E-state index contributed by atoms with van der Waals surface area (Å²) < 4.78 is 10.5. The van der Waals surface area contributed by atoms with Crippen LogP contribution in [0.5, 0.6) is 0 Å². The number of carbonyl (C=O) groups excluding carboxylic acids is 1. The lowest BCUT2D eigenvalue weighted by atomic mass is 9.85. The third kappa shape index (κ3) is 5.49. The Morgan fingerprint density at radius 2 is 2.24 bits per heavy atom. The van der Waals surface area contributed by atoms with Crippen LogP contribution in [0.1, 0.15) is 31.4 Å². The Labute approximate surface area is 124 Å². The van der Waals surface area contributed by atoms with Gasteiger partial charge in [0.15, 0.2) is 0 Å². The quantitative estimate of drug-likeness (QED) is 0.659. The molecule has 1 aromatic rings. The van der Waals surface area contributed by atoms with Gasteiger partial charge in [-0.15, -0.1) is 0 Å². The molecule has 1 amide bonds. The maximum absolute atomic E-state index is 11.1. The zero-order chi connectivity index (χ0) is 15.1. The topological polar surface area (TPSA) is 97.7 Å².